The van der Waals surface area contributed by atoms with E-state index in [1.807, 2.05) is 24.5 Å². The van der Waals surface area contributed by atoms with Crippen LogP contribution in [0.15, 0.2) is 85.2 Å². The summed E-state index contributed by atoms with van der Waals surface area (Å²) in [6.45, 7) is 11.8. The van der Waals surface area contributed by atoms with E-state index >= 15 is 0 Å². The van der Waals surface area contributed by atoms with Crippen molar-refractivity contribution in [3.8, 4) is 11.4 Å². The Morgan fingerprint density at radius 2 is 1.18 bits per heavy atom. The zero-order valence-electron chi connectivity index (χ0n) is 26.9. The third kappa shape index (κ3) is 9.37. The van der Waals surface area contributed by atoms with Crippen molar-refractivity contribution in [3.05, 3.63) is 107 Å². The van der Waals surface area contributed by atoms with Crippen LogP contribution in [0.4, 0.5) is 11.4 Å². The van der Waals surface area contributed by atoms with Crippen molar-refractivity contribution < 1.29 is 9.47 Å². The fourth-order valence-electron chi connectivity index (χ4n) is 5.55. The number of likely N-dealkylation sites (N-methyl/N-ethyl adjacent to an activating group) is 1. The SMILES string of the molecule is CCN(CC)c1ccc(/C=C/c2ccnc(-c3cc(/C=C/c4ccc(N(CC)CCOC5CCCCO5)cc4)ccn3)c2)cc1. The standard InChI is InChI=1S/C39H46N4O2/c1-4-42(5-2)35-18-14-31(15-19-35)10-12-33-22-24-40-37(29-33)38-30-34(23-25-41-38)13-11-32-16-20-36(21-17-32)43(6-3)26-28-45-39-9-7-8-27-44-39/h10-25,29-30,39H,4-9,26-28H2,1-3H3/b12-10+,13-11+. The summed E-state index contributed by atoms with van der Waals surface area (Å²) in [7, 11) is 0. The first kappa shape index (κ1) is 32.1. The number of benzene rings is 2. The van der Waals surface area contributed by atoms with Gasteiger partial charge in [0.15, 0.2) is 6.29 Å². The Bertz CT molecular complexity index is 1520. The average Bonchev–Trinajstić information content (AvgIpc) is 3.10. The Balaban J connectivity index is 1.19. The average molecular weight is 603 g/mol. The highest BCUT2D eigenvalue weighted by Gasteiger charge is 2.14. The maximum Gasteiger partial charge on any atom is 0.157 e. The zero-order chi connectivity index (χ0) is 31.3. The molecule has 0 aliphatic carbocycles. The van der Waals surface area contributed by atoms with E-state index in [9.17, 15) is 0 Å². The van der Waals surface area contributed by atoms with E-state index < -0.39 is 0 Å². The van der Waals surface area contributed by atoms with E-state index in [1.165, 1.54) is 23.4 Å². The van der Waals surface area contributed by atoms with Crippen molar-refractivity contribution >= 4 is 35.7 Å². The van der Waals surface area contributed by atoms with E-state index in [0.717, 1.165) is 73.7 Å². The molecule has 0 spiro atoms. The lowest BCUT2D eigenvalue weighted by molar-refractivity contribution is -0.160. The molecule has 4 aromatic rings. The van der Waals surface area contributed by atoms with Crippen molar-refractivity contribution in [2.75, 3.05) is 49.2 Å². The number of pyridine rings is 2. The Kier molecular flexibility index (Phi) is 11.9. The van der Waals surface area contributed by atoms with Gasteiger partial charge in [-0.05, 0) is 111 Å². The molecule has 3 heterocycles. The molecule has 1 unspecified atom stereocenters. The smallest absolute Gasteiger partial charge is 0.157 e. The minimum absolute atomic E-state index is 0.0402. The molecule has 0 N–H and O–H groups in total. The summed E-state index contributed by atoms with van der Waals surface area (Å²) < 4.78 is 11.6. The van der Waals surface area contributed by atoms with Crippen LogP contribution < -0.4 is 9.80 Å². The molecule has 1 aliphatic rings. The molecule has 234 valence electrons. The van der Waals surface area contributed by atoms with Crippen molar-refractivity contribution in [1.29, 1.82) is 0 Å². The first-order valence-electron chi connectivity index (χ1n) is 16.4. The van der Waals surface area contributed by atoms with Crippen LogP contribution in [0.5, 0.6) is 0 Å². The number of anilines is 2. The number of ether oxygens (including phenoxy) is 2. The van der Waals surface area contributed by atoms with Crippen molar-refractivity contribution in [2.24, 2.45) is 0 Å². The van der Waals surface area contributed by atoms with Gasteiger partial charge in [0.2, 0.25) is 0 Å². The molecule has 5 rings (SSSR count). The molecule has 0 bridgehead atoms. The molecule has 1 fully saturated rings. The van der Waals surface area contributed by atoms with E-state index in [-0.39, 0.29) is 6.29 Å². The molecule has 1 atom stereocenters. The van der Waals surface area contributed by atoms with Gasteiger partial charge in [0, 0.05) is 56.6 Å². The van der Waals surface area contributed by atoms with Crippen LogP contribution in [0, 0.1) is 0 Å². The van der Waals surface area contributed by atoms with Crippen LogP contribution in [0.2, 0.25) is 0 Å². The second kappa shape index (κ2) is 16.7. The van der Waals surface area contributed by atoms with Crippen LogP contribution in [-0.4, -0.2) is 55.7 Å². The van der Waals surface area contributed by atoms with E-state index in [1.54, 1.807) is 0 Å². The molecular formula is C39H46N4O2. The topological polar surface area (TPSA) is 50.7 Å². The van der Waals surface area contributed by atoms with Gasteiger partial charge in [-0.25, -0.2) is 0 Å². The highest BCUT2D eigenvalue weighted by atomic mass is 16.7. The van der Waals surface area contributed by atoms with Crippen molar-refractivity contribution in [3.63, 3.8) is 0 Å². The Hall–Kier alpha value is -4.26. The van der Waals surface area contributed by atoms with Gasteiger partial charge in [-0.1, -0.05) is 48.6 Å². The molecule has 1 aliphatic heterocycles. The summed E-state index contributed by atoms with van der Waals surface area (Å²) in [5, 5.41) is 0. The molecule has 45 heavy (non-hydrogen) atoms. The maximum atomic E-state index is 5.95. The lowest BCUT2D eigenvalue weighted by Crippen LogP contribution is -2.30. The van der Waals surface area contributed by atoms with Crippen LogP contribution in [0.25, 0.3) is 35.7 Å². The predicted octanol–water partition coefficient (Wildman–Crippen LogP) is 8.70. The number of aromatic nitrogens is 2. The fourth-order valence-corrected chi connectivity index (χ4v) is 5.55. The van der Waals surface area contributed by atoms with Crippen LogP contribution >= 0.6 is 0 Å². The summed E-state index contributed by atoms with van der Waals surface area (Å²) in [5.74, 6) is 0. The van der Waals surface area contributed by atoms with Crippen molar-refractivity contribution in [1.82, 2.24) is 9.97 Å². The second-order valence-corrected chi connectivity index (χ2v) is 11.2. The summed E-state index contributed by atoms with van der Waals surface area (Å²) >= 11 is 0. The molecule has 0 saturated carbocycles. The molecular weight excluding hydrogens is 556 g/mol. The highest BCUT2D eigenvalue weighted by molar-refractivity contribution is 5.74. The largest absolute Gasteiger partial charge is 0.372 e. The number of hydrogen-bond donors (Lipinski definition) is 0. The Morgan fingerprint density at radius 3 is 1.67 bits per heavy atom. The quantitative estimate of drug-likeness (QED) is 0.144. The van der Waals surface area contributed by atoms with E-state index in [2.05, 4.69) is 126 Å². The lowest BCUT2D eigenvalue weighted by Gasteiger charge is -2.26. The number of rotatable bonds is 14. The van der Waals surface area contributed by atoms with Gasteiger partial charge < -0.3 is 19.3 Å². The normalized spacial score (nSPS) is 15.1. The molecule has 6 heteroatoms. The third-order valence-corrected chi connectivity index (χ3v) is 8.23. The second-order valence-electron chi connectivity index (χ2n) is 11.2. The highest BCUT2D eigenvalue weighted by Crippen LogP contribution is 2.22. The number of hydrogen-bond acceptors (Lipinski definition) is 6. The van der Waals surface area contributed by atoms with Gasteiger partial charge in [0.05, 0.1) is 18.0 Å². The Morgan fingerprint density at radius 1 is 0.667 bits per heavy atom. The monoisotopic (exact) mass is 602 g/mol. The first-order valence-corrected chi connectivity index (χ1v) is 16.4. The minimum Gasteiger partial charge on any atom is -0.372 e. The Labute approximate surface area is 269 Å². The minimum atomic E-state index is -0.0402. The van der Waals surface area contributed by atoms with E-state index in [4.69, 9.17) is 9.47 Å². The maximum absolute atomic E-state index is 5.95. The number of nitrogens with zero attached hydrogens (tertiary/aromatic N) is 4. The molecule has 2 aromatic heterocycles. The van der Waals surface area contributed by atoms with Gasteiger partial charge in [0.25, 0.3) is 0 Å². The molecule has 6 nitrogen and oxygen atoms in total. The van der Waals surface area contributed by atoms with Crippen molar-refractivity contribution in [2.45, 2.75) is 46.3 Å². The van der Waals surface area contributed by atoms with Gasteiger partial charge in [-0.3, -0.25) is 9.97 Å². The van der Waals surface area contributed by atoms with Crippen LogP contribution in [0.1, 0.15) is 62.3 Å². The molecule has 2 aromatic carbocycles. The van der Waals surface area contributed by atoms with Crippen LogP contribution in [-0.2, 0) is 9.47 Å². The summed E-state index contributed by atoms with van der Waals surface area (Å²) in [6, 6.07) is 25.6. The lowest BCUT2D eigenvalue weighted by atomic mass is 10.1. The summed E-state index contributed by atoms with van der Waals surface area (Å²) in [4.78, 5) is 13.9. The van der Waals surface area contributed by atoms with E-state index in [0.29, 0.717) is 6.61 Å². The van der Waals surface area contributed by atoms with Crippen LogP contribution in [0.3, 0.4) is 0 Å². The zero-order valence-corrected chi connectivity index (χ0v) is 26.9. The first-order chi connectivity index (χ1) is 22.1. The molecule has 0 radical (unpaired) electrons. The molecule has 1 saturated heterocycles. The van der Waals surface area contributed by atoms with Gasteiger partial charge in [-0.15, -0.1) is 0 Å². The van der Waals surface area contributed by atoms with Gasteiger partial charge in [0.1, 0.15) is 0 Å². The molecule has 0 amide bonds. The summed E-state index contributed by atoms with van der Waals surface area (Å²) in [6.07, 6.45) is 15.5. The fraction of sp³-hybridized carbons (Fsp3) is 0.333. The van der Waals surface area contributed by atoms with Gasteiger partial charge >= 0.3 is 0 Å². The third-order valence-electron chi connectivity index (χ3n) is 8.23. The van der Waals surface area contributed by atoms with Gasteiger partial charge in [-0.2, -0.15) is 0 Å². The summed E-state index contributed by atoms with van der Waals surface area (Å²) in [5.41, 5.74) is 8.65. The predicted molar refractivity (Wildman–Crippen MR) is 189 cm³/mol.